The van der Waals surface area contributed by atoms with Gasteiger partial charge < -0.3 is 15.8 Å². The van der Waals surface area contributed by atoms with E-state index in [1.165, 1.54) is 24.2 Å². The van der Waals surface area contributed by atoms with Crippen LogP contribution in [0.5, 0.6) is 5.88 Å². The van der Waals surface area contributed by atoms with Crippen LogP contribution in [0.15, 0.2) is 41.7 Å². The normalized spacial score (nSPS) is 11.5. The van der Waals surface area contributed by atoms with Crippen LogP contribution in [0.4, 0.5) is 11.4 Å². The summed E-state index contributed by atoms with van der Waals surface area (Å²) in [7, 11) is 0. The third-order valence-corrected chi connectivity index (χ3v) is 4.01. The van der Waals surface area contributed by atoms with Crippen LogP contribution >= 0.6 is 11.8 Å². The fourth-order valence-electron chi connectivity index (χ4n) is 1.95. The summed E-state index contributed by atoms with van der Waals surface area (Å²) in [6, 6.07) is 7.15. The summed E-state index contributed by atoms with van der Waals surface area (Å²) in [5, 5.41) is 3.28. The lowest BCUT2D eigenvalue weighted by molar-refractivity contribution is 0.102. The quantitative estimate of drug-likeness (QED) is 0.568. The molecule has 0 saturated heterocycles. The molecule has 1 aromatic heterocycles. The van der Waals surface area contributed by atoms with Gasteiger partial charge >= 0.3 is 0 Å². The predicted molar refractivity (Wildman–Crippen MR) is 106 cm³/mol. The third kappa shape index (κ3) is 6.36. The molecule has 0 radical (unpaired) electrons. The first kappa shape index (κ1) is 19.7. The highest BCUT2D eigenvalue weighted by molar-refractivity contribution is 8.13. The highest BCUT2D eigenvalue weighted by Gasteiger charge is 2.10. The Labute approximate surface area is 157 Å². The van der Waals surface area contributed by atoms with Crippen LogP contribution in [0, 0.1) is 0 Å². The number of amidine groups is 1. The number of nitrogens with two attached hydrogens (primary N) is 1. The van der Waals surface area contributed by atoms with E-state index in [2.05, 4.69) is 27.2 Å². The molecule has 1 amide bonds. The van der Waals surface area contributed by atoms with E-state index in [1.54, 1.807) is 18.2 Å². The molecule has 0 aliphatic carbocycles. The van der Waals surface area contributed by atoms with E-state index in [-0.39, 0.29) is 17.7 Å². The van der Waals surface area contributed by atoms with Crippen molar-refractivity contribution in [1.29, 1.82) is 0 Å². The number of thioether (sulfide) groups is 1. The van der Waals surface area contributed by atoms with Crippen molar-refractivity contribution in [2.24, 2.45) is 10.7 Å². The molecule has 0 bridgehead atoms. The first-order valence-corrected chi connectivity index (χ1v) is 9.33. The monoisotopic (exact) mass is 373 g/mol. The number of aromatic nitrogens is 2. The zero-order valence-corrected chi connectivity index (χ0v) is 15.9. The van der Waals surface area contributed by atoms with E-state index < -0.39 is 0 Å². The second-order valence-electron chi connectivity index (χ2n) is 5.71. The number of hydrogen-bond donors (Lipinski definition) is 2. The Morgan fingerprint density at radius 1 is 1.35 bits per heavy atom. The molecule has 0 saturated carbocycles. The number of carbonyl (C=O) groups is 1. The van der Waals surface area contributed by atoms with Gasteiger partial charge in [0.25, 0.3) is 5.91 Å². The van der Waals surface area contributed by atoms with Crippen molar-refractivity contribution in [1.82, 2.24) is 9.97 Å². The van der Waals surface area contributed by atoms with Gasteiger partial charge in [-0.15, -0.1) is 0 Å². The van der Waals surface area contributed by atoms with Crippen molar-refractivity contribution >= 4 is 34.2 Å². The second kappa shape index (κ2) is 9.76. The van der Waals surface area contributed by atoms with Crippen molar-refractivity contribution < 1.29 is 9.53 Å². The van der Waals surface area contributed by atoms with E-state index in [9.17, 15) is 4.79 Å². The Morgan fingerprint density at radius 3 is 2.81 bits per heavy atom. The van der Waals surface area contributed by atoms with Gasteiger partial charge in [-0.05, 0) is 38.5 Å². The molecule has 1 aromatic carbocycles. The smallest absolute Gasteiger partial charge is 0.275 e. The summed E-state index contributed by atoms with van der Waals surface area (Å²) in [5.74, 6) is 0.942. The van der Waals surface area contributed by atoms with Crippen molar-refractivity contribution in [3.8, 4) is 5.88 Å². The summed E-state index contributed by atoms with van der Waals surface area (Å²) >= 11 is 1.50. The topological polar surface area (TPSA) is 102 Å². The van der Waals surface area contributed by atoms with E-state index >= 15 is 0 Å². The third-order valence-electron chi connectivity index (χ3n) is 3.01. The molecule has 138 valence electrons. The molecule has 0 aliphatic heterocycles. The molecular weight excluding hydrogens is 350 g/mol. The Balaban J connectivity index is 2.03. The number of ether oxygens (including phenoxy) is 1. The summed E-state index contributed by atoms with van der Waals surface area (Å²) in [6.45, 7) is 5.87. The van der Waals surface area contributed by atoms with E-state index in [1.807, 2.05) is 19.9 Å². The van der Waals surface area contributed by atoms with Crippen molar-refractivity contribution in [3.63, 3.8) is 0 Å². The average Bonchev–Trinajstić information content (AvgIpc) is 2.60. The molecule has 26 heavy (non-hydrogen) atoms. The van der Waals surface area contributed by atoms with Crippen LogP contribution in [-0.2, 0) is 0 Å². The summed E-state index contributed by atoms with van der Waals surface area (Å²) < 4.78 is 5.41. The first-order chi connectivity index (χ1) is 12.5. The number of amides is 1. The minimum Gasteiger partial charge on any atom is -0.474 e. The molecule has 2 aromatic rings. The number of anilines is 1. The largest absolute Gasteiger partial charge is 0.474 e. The number of benzene rings is 1. The van der Waals surface area contributed by atoms with Crippen LogP contribution < -0.4 is 15.8 Å². The van der Waals surface area contributed by atoms with Crippen LogP contribution in [0.3, 0.4) is 0 Å². The molecular formula is C18H23N5O2S. The number of aliphatic imine (C=N–C) groups is 1. The molecule has 7 nitrogen and oxygen atoms in total. The Bertz CT molecular complexity index is 762. The lowest BCUT2D eigenvalue weighted by atomic mass is 10.2. The number of hydrogen-bond acceptors (Lipinski definition) is 6. The van der Waals surface area contributed by atoms with Gasteiger partial charge in [0.2, 0.25) is 5.88 Å². The Morgan fingerprint density at radius 2 is 2.15 bits per heavy atom. The highest BCUT2D eigenvalue weighted by Crippen LogP contribution is 2.20. The molecule has 3 N–H and O–H groups in total. The summed E-state index contributed by atoms with van der Waals surface area (Å²) in [6.07, 6.45) is 3.84. The maximum absolute atomic E-state index is 12.3. The maximum atomic E-state index is 12.3. The molecule has 0 aliphatic rings. The minimum atomic E-state index is -0.358. The lowest BCUT2D eigenvalue weighted by Crippen LogP contribution is -2.15. The molecule has 2 rings (SSSR count). The van der Waals surface area contributed by atoms with Gasteiger partial charge in [-0.2, -0.15) is 0 Å². The van der Waals surface area contributed by atoms with Gasteiger partial charge in [0.1, 0.15) is 5.69 Å². The van der Waals surface area contributed by atoms with E-state index in [0.29, 0.717) is 22.4 Å². The van der Waals surface area contributed by atoms with Crippen LogP contribution in [-0.4, -0.2) is 32.9 Å². The lowest BCUT2D eigenvalue weighted by Gasteiger charge is -2.09. The van der Waals surface area contributed by atoms with E-state index in [4.69, 9.17) is 10.5 Å². The van der Waals surface area contributed by atoms with Crippen molar-refractivity contribution in [3.05, 3.63) is 42.4 Å². The zero-order chi connectivity index (χ0) is 18.9. The number of rotatable bonds is 7. The van der Waals surface area contributed by atoms with Crippen molar-refractivity contribution in [2.75, 3.05) is 11.1 Å². The number of nitrogens with zero attached hydrogens (tertiary/aromatic N) is 3. The minimum absolute atomic E-state index is 0.00445. The summed E-state index contributed by atoms with van der Waals surface area (Å²) in [4.78, 5) is 24.8. The fourth-order valence-corrected chi connectivity index (χ4v) is 2.53. The van der Waals surface area contributed by atoms with Gasteiger partial charge in [0.05, 0.1) is 24.2 Å². The average molecular weight is 373 g/mol. The standard InChI is InChI=1S/C18H23N5O2S/c1-4-8-26-18(19)23-14-7-5-6-13(9-14)22-17(24)15-10-21-16(11-20-15)25-12(2)3/h5-7,9-12H,4,8H2,1-3H3,(H2,19,23)(H,22,24). The Kier molecular flexibility index (Phi) is 7.40. The van der Waals surface area contributed by atoms with Gasteiger partial charge in [0.15, 0.2) is 5.17 Å². The van der Waals surface area contributed by atoms with Crippen molar-refractivity contribution in [2.45, 2.75) is 33.3 Å². The van der Waals surface area contributed by atoms with Gasteiger partial charge in [0, 0.05) is 11.4 Å². The highest BCUT2D eigenvalue weighted by atomic mass is 32.2. The Hall–Kier alpha value is -2.61. The first-order valence-electron chi connectivity index (χ1n) is 8.35. The predicted octanol–water partition coefficient (Wildman–Crippen LogP) is 3.61. The maximum Gasteiger partial charge on any atom is 0.275 e. The SMILES string of the molecule is CCCSC(N)=Nc1cccc(NC(=O)c2cnc(OC(C)C)cn2)c1. The fraction of sp³-hybridized carbons (Fsp3) is 0.333. The summed E-state index contributed by atoms with van der Waals surface area (Å²) in [5.41, 5.74) is 7.36. The zero-order valence-electron chi connectivity index (χ0n) is 15.1. The van der Waals surface area contributed by atoms with Gasteiger partial charge in [-0.3, -0.25) is 4.79 Å². The van der Waals surface area contributed by atoms with Gasteiger partial charge in [-0.25, -0.2) is 15.0 Å². The molecule has 8 heteroatoms. The second-order valence-corrected chi connectivity index (χ2v) is 6.82. The van der Waals surface area contributed by atoms with E-state index in [0.717, 1.165) is 12.2 Å². The molecule has 1 heterocycles. The molecule has 0 atom stereocenters. The van der Waals surface area contributed by atoms with Gasteiger partial charge in [-0.1, -0.05) is 24.8 Å². The molecule has 0 fully saturated rings. The number of carbonyl (C=O) groups excluding carboxylic acids is 1. The van der Waals surface area contributed by atoms with Crippen LogP contribution in [0.25, 0.3) is 0 Å². The van der Waals surface area contributed by atoms with Crippen LogP contribution in [0.1, 0.15) is 37.7 Å². The number of nitrogens with one attached hydrogen (secondary N) is 1. The molecule has 0 spiro atoms. The van der Waals surface area contributed by atoms with Crippen LogP contribution in [0.2, 0.25) is 0 Å². The molecule has 0 unspecified atom stereocenters.